The lowest BCUT2D eigenvalue weighted by Crippen LogP contribution is -2.13. The number of hydrogen-bond donors (Lipinski definition) is 0. The van der Waals surface area contributed by atoms with Crippen LogP contribution in [0.2, 0.25) is 0 Å². The van der Waals surface area contributed by atoms with Gasteiger partial charge in [0, 0.05) is 24.4 Å². The molecule has 0 fully saturated rings. The van der Waals surface area contributed by atoms with Gasteiger partial charge >= 0.3 is 0 Å². The zero-order valence-corrected chi connectivity index (χ0v) is 21.8. The van der Waals surface area contributed by atoms with Crippen LogP contribution in [0.15, 0.2) is 12.4 Å². The monoisotopic (exact) mass is 432 g/mol. The molecule has 2 heteroatoms. The summed E-state index contributed by atoms with van der Waals surface area (Å²) in [6.45, 7) is 9.33. The van der Waals surface area contributed by atoms with Gasteiger partial charge in [-0.15, -0.1) is 0 Å². The first-order valence-electron chi connectivity index (χ1n) is 14.3. The number of unbranched alkanes of at least 4 members (excludes halogenated alkanes) is 14. The fraction of sp³-hybridized carbons (Fsp3) is 0.897. The van der Waals surface area contributed by atoms with Crippen LogP contribution in [-0.4, -0.2) is 9.55 Å². The maximum absolute atomic E-state index is 4.90. The summed E-state index contributed by atoms with van der Waals surface area (Å²) in [5, 5.41) is 0. The molecule has 0 aliphatic heterocycles. The first-order chi connectivity index (χ1) is 15.2. The van der Waals surface area contributed by atoms with E-state index in [1.165, 1.54) is 134 Å². The molecule has 0 saturated carbocycles. The largest absolute Gasteiger partial charge is 0.332 e. The zero-order valence-electron chi connectivity index (χ0n) is 21.8. The summed E-state index contributed by atoms with van der Waals surface area (Å²) in [6.07, 6.45) is 31.9. The number of nitrogens with zero attached hydrogens (tertiary/aromatic N) is 2. The molecule has 1 aromatic heterocycles. The number of imidazole rings is 1. The van der Waals surface area contributed by atoms with Crippen LogP contribution in [0.5, 0.6) is 0 Å². The van der Waals surface area contributed by atoms with Crippen LogP contribution in [0.3, 0.4) is 0 Å². The second-order valence-electron chi connectivity index (χ2n) is 10.1. The number of rotatable bonds is 22. The third-order valence-corrected chi connectivity index (χ3v) is 7.08. The van der Waals surface area contributed by atoms with E-state index in [0.717, 1.165) is 0 Å². The second-order valence-corrected chi connectivity index (χ2v) is 10.1. The fourth-order valence-corrected chi connectivity index (χ4v) is 4.94. The van der Waals surface area contributed by atoms with Crippen LogP contribution >= 0.6 is 0 Å². The van der Waals surface area contributed by atoms with Gasteiger partial charge in [-0.2, -0.15) is 0 Å². The Labute approximate surface area is 196 Å². The molecule has 182 valence electrons. The van der Waals surface area contributed by atoms with Gasteiger partial charge in [0.25, 0.3) is 0 Å². The molecular formula is C29H56N2. The van der Waals surface area contributed by atoms with Crippen LogP contribution in [0, 0.1) is 0 Å². The molecule has 0 amide bonds. The van der Waals surface area contributed by atoms with Crippen molar-refractivity contribution in [3.05, 3.63) is 18.2 Å². The van der Waals surface area contributed by atoms with Crippen LogP contribution < -0.4 is 0 Å². The molecule has 0 N–H and O–H groups in total. The van der Waals surface area contributed by atoms with Crippen molar-refractivity contribution in [1.82, 2.24) is 9.55 Å². The Kier molecular flexibility index (Phi) is 18.1. The van der Waals surface area contributed by atoms with Crippen molar-refractivity contribution < 1.29 is 0 Å². The Morgan fingerprint density at radius 3 is 1.58 bits per heavy atom. The van der Waals surface area contributed by atoms with E-state index in [1.54, 1.807) is 0 Å². The van der Waals surface area contributed by atoms with E-state index in [-0.39, 0.29) is 0 Å². The molecular weight excluding hydrogens is 376 g/mol. The predicted octanol–water partition coefficient (Wildman–Crippen LogP) is 10.4. The lowest BCUT2D eigenvalue weighted by Gasteiger charge is -2.22. The van der Waals surface area contributed by atoms with Gasteiger partial charge in [0.05, 0.1) is 0 Å². The van der Waals surface area contributed by atoms with Gasteiger partial charge in [-0.25, -0.2) is 4.98 Å². The molecule has 0 saturated heterocycles. The summed E-state index contributed by atoms with van der Waals surface area (Å²) in [5.41, 5.74) is 0. The molecule has 1 heterocycles. The molecule has 0 radical (unpaired) electrons. The lowest BCUT2D eigenvalue weighted by atomic mass is 9.93. The molecule has 0 aromatic carbocycles. The highest BCUT2D eigenvalue weighted by atomic mass is 15.1. The average Bonchev–Trinajstić information content (AvgIpc) is 3.26. The van der Waals surface area contributed by atoms with Crippen LogP contribution in [0.1, 0.15) is 174 Å². The predicted molar refractivity (Wildman–Crippen MR) is 139 cm³/mol. The molecule has 2 atom stereocenters. The van der Waals surface area contributed by atoms with Gasteiger partial charge in [0.1, 0.15) is 5.82 Å². The van der Waals surface area contributed by atoms with E-state index in [2.05, 4.69) is 44.7 Å². The third kappa shape index (κ3) is 13.4. The Bertz CT molecular complexity index is 493. The number of aromatic nitrogens is 2. The summed E-state index contributed by atoms with van der Waals surface area (Å²) >= 11 is 0. The van der Waals surface area contributed by atoms with Crippen molar-refractivity contribution in [3.8, 4) is 0 Å². The molecule has 31 heavy (non-hydrogen) atoms. The van der Waals surface area contributed by atoms with Crippen LogP contribution in [0.25, 0.3) is 0 Å². The van der Waals surface area contributed by atoms with Crippen molar-refractivity contribution in [3.63, 3.8) is 0 Å². The molecule has 1 rings (SSSR count). The van der Waals surface area contributed by atoms with E-state index in [1.807, 2.05) is 0 Å². The van der Waals surface area contributed by atoms with E-state index in [9.17, 15) is 0 Å². The standard InChI is InChI=1S/C29H56N2/c1-5-8-11-13-15-16-18-21-24-28(23-19-10-7-3)29-30-25-26-31(29)27(4)22-20-17-14-12-9-6-2/h25-28H,5-24H2,1-4H3. The summed E-state index contributed by atoms with van der Waals surface area (Å²) in [6, 6.07) is 0.593. The highest BCUT2D eigenvalue weighted by molar-refractivity contribution is 5.02. The normalized spacial score (nSPS) is 13.5. The first-order valence-corrected chi connectivity index (χ1v) is 14.3. The zero-order chi connectivity index (χ0) is 22.6. The molecule has 0 aliphatic rings. The first kappa shape index (κ1) is 28.2. The highest BCUT2D eigenvalue weighted by Crippen LogP contribution is 2.30. The van der Waals surface area contributed by atoms with E-state index in [4.69, 9.17) is 4.98 Å². The number of hydrogen-bond acceptors (Lipinski definition) is 1. The Morgan fingerprint density at radius 1 is 0.613 bits per heavy atom. The van der Waals surface area contributed by atoms with E-state index < -0.39 is 0 Å². The quantitative estimate of drug-likeness (QED) is 0.167. The Hall–Kier alpha value is -0.790. The summed E-state index contributed by atoms with van der Waals surface area (Å²) in [7, 11) is 0. The summed E-state index contributed by atoms with van der Waals surface area (Å²) < 4.78 is 2.54. The van der Waals surface area contributed by atoms with Crippen molar-refractivity contribution in [1.29, 1.82) is 0 Å². The minimum absolute atomic E-state index is 0.593. The smallest absolute Gasteiger partial charge is 0.111 e. The van der Waals surface area contributed by atoms with E-state index in [0.29, 0.717) is 12.0 Å². The summed E-state index contributed by atoms with van der Waals surface area (Å²) in [5.74, 6) is 2.05. The second kappa shape index (κ2) is 19.9. The molecule has 0 bridgehead atoms. The molecule has 0 aliphatic carbocycles. The fourth-order valence-electron chi connectivity index (χ4n) is 4.94. The van der Waals surface area contributed by atoms with E-state index >= 15 is 0 Å². The summed E-state index contributed by atoms with van der Waals surface area (Å²) in [4.78, 5) is 4.90. The highest BCUT2D eigenvalue weighted by Gasteiger charge is 2.19. The van der Waals surface area contributed by atoms with Gasteiger partial charge in [-0.05, 0) is 26.2 Å². The molecule has 1 aromatic rings. The van der Waals surface area contributed by atoms with Crippen LogP contribution in [-0.2, 0) is 0 Å². The SMILES string of the molecule is CCCCCCCCCCC(CCCCC)c1nccn1C(C)CCCCCCCC. The molecule has 2 unspecified atom stereocenters. The van der Waals surface area contributed by atoms with Crippen molar-refractivity contribution in [2.24, 2.45) is 0 Å². The molecule has 0 spiro atoms. The van der Waals surface area contributed by atoms with Crippen molar-refractivity contribution in [2.75, 3.05) is 0 Å². The van der Waals surface area contributed by atoms with Gasteiger partial charge < -0.3 is 4.57 Å². The molecule has 2 nitrogen and oxygen atoms in total. The minimum Gasteiger partial charge on any atom is -0.332 e. The lowest BCUT2D eigenvalue weighted by molar-refractivity contribution is 0.414. The van der Waals surface area contributed by atoms with Crippen molar-refractivity contribution in [2.45, 2.75) is 168 Å². The van der Waals surface area contributed by atoms with Gasteiger partial charge in [-0.3, -0.25) is 0 Å². The minimum atomic E-state index is 0.593. The van der Waals surface area contributed by atoms with Gasteiger partial charge in [0.15, 0.2) is 0 Å². The topological polar surface area (TPSA) is 17.8 Å². The van der Waals surface area contributed by atoms with Crippen molar-refractivity contribution >= 4 is 0 Å². The average molecular weight is 433 g/mol. The Morgan fingerprint density at radius 2 is 1.03 bits per heavy atom. The Balaban J connectivity index is 2.47. The van der Waals surface area contributed by atoms with Gasteiger partial charge in [0.2, 0.25) is 0 Å². The third-order valence-electron chi connectivity index (χ3n) is 7.08. The maximum atomic E-state index is 4.90. The van der Waals surface area contributed by atoms with Crippen LogP contribution in [0.4, 0.5) is 0 Å². The van der Waals surface area contributed by atoms with Gasteiger partial charge in [-0.1, -0.05) is 130 Å². The maximum Gasteiger partial charge on any atom is 0.111 e.